The average molecular weight is 334 g/mol. The lowest BCUT2D eigenvalue weighted by Gasteiger charge is -2.25. The minimum atomic E-state index is -1.62. The fourth-order valence-corrected chi connectivity index (χ4v) is 1.79. The molecule has 1 rings (SSSR count). The maximum absolute atomic E-state index is 13.5. The van der Waals surface area contributed by atoms with Crippen molar-refractivity contribution in [2.24, 2.45) is 0 Å². The monoisotopic (exact) mass is 333 g/mol. The molecule has 0 bridgehead atoms. The van der Waals surface area contributed by atoms with Crippen LogP contribution >= 0.6 is 15.9 Å². The Morgan fingerprint density at radius 3 is 2.68 bits per heavy atom. The summed E-state index contributed by atoms with van der Waals surface area (Å²) in [6.45, 7) is 1.05. The number of aliphatic carboxylic acids is 1. The van der Waals surface area contributed by atoms with Gasteiger partial charge in [-0.2, -0.15) is 0 Å². The van der Waals surface area contributed by atoms with E-state index in [9.17, 15) is 14.0 Å². The molecular formula is C12H13BrFNO4. The van der Waals surface area contributed by atoms with E-state index in [1.54, 1.807) is 0 Å². The topological polar surface area (TPSA) is 75.6 Å². The van der Waals surface area contributed by atoms with Gasteiger partial charge in [0, 0.05) is 11.6 Å². The molecule has 0 saturated heterocycles. The van der Waals surface area contributed by atoms with Crippen LogP contribution in [-0.2, 0) is 9.53 Å². The van der Waals surface area contributed by atoms with Crippen LogP contribution in [0.2, 0.25) is 0 Å². The number of hydrogen-bond acceptors (Lipinski definition) is 3. The van der Waals surface area contributed by atoms with Crippen LogP contribution in [0.15, 0.2) is 22.7 Å². The van der Waals surface area contributed by atoms with Gasteiger partial charge in [-0.3, -0.25) is 4.79 Å². The number of carboxylic acids is 1. The number of benzene rings is 1. The van der Waals surface area contributed by atoms with Gasteiger partial charge < -0.3 is 15.2 Å². The molecule has 104 valence electrons. The molecule has 5 nitrogen and oxygen atoms in total. The first-order valence-electron chi connectivity index (χ1n) is 5.30. The van der Waals surface area contributed by atoms with Crippen molar-refractivity contribution < 1.29 is 23.8 Å². The second-order valence-electron chi connectivity index (χ2n) is 4.15. The Kier molecular flexibility index (Phi) is 5.02. The van der Waals surface area contributed by atoms with Gasteiger partial charge in [0.1, 0.15) is 5.82 Å². The van der Waals surface area contributed by atoms with Crippen molar-refractivity contribution in [2.45, 2.75) is 12.5 Å². The summed E-state index contributed by atoms with van der Waals surface area (Å²) in [5.74, 6) is -2.82. The Bertz CT molecular complexity index is 509. The largest absolute Gasteiger partial charge is 0.479 e. The highest BCUT2D eigenvalue weighted by molar-refractivity contribution is 9.10. The van der Waals surface area contributed by atoms with E-state index < -0.39 is 23.2 Å². The Labute approximate surface area is 117 Å². The van der Waals surface area contributed by atoms with Gasteiger partial charge in [-0.15, -0.1) is 0 Å². The zero-order valence-electron chi connectivity index (χ0n) is 10.4. The molecule has 1 aromatic carbocycles. The molecule has 0 radical (unpaired) electrons. The first kappa shape index (κ1) is 15.6. The number of carbonyl (C=O) groups is 2. The Morgan fingerprint density at radius 1 is 1.53 bits per heavy atom. The lowest BCUT2D eigenvalue weighted by Crippen LogP contribution is -2.55. The van der Waals surface area contributed by atoms with E-state index in [0.29, 0.717) is 4.47 Å². The summed E-state index contributed by atoms with van der Waals surface area (Å²) in [4.78, 5) is 23.1. The molecule has 1 atom stereocenters. The highest BCUT2D eigenvalue weighted by Gasteiger charge is 2.35. The van der Waals surface area contributed by atoms with Crippen LogP contribution in [0, 0.1) is 5.82 Å². The van der Waals surface area contributed by atoms with Crippen LogP contribution in [0.3, 0.4) is 0 Å². The minimum Gasteiger partial charge on any atom is -0.479 e. The number of halogens is 2. The minimum absolute atomic E-state index is 0.232. The van der Waals surface area contributed by atoms with Gasteiger partial charge in [-0.25, -0.2) is 9.18 Å². The maximum atomic E-state index is 13.5. The van der Waals surface area contributed by atoms with Crippen molar-refractivity contribution in [3.8, 4) is 0 Å². The van der Waals surface area contributed by atoms with Gasteiger partial charge in [-0.05, 0) is 25.1 Å². The van der Waals surface area contributed by atoms with Gasteiger partial charge in [0.2, 0.25) is 0 Å². The number of hydrogen-bond donors (Lipinski definition) is 2. The van der Waals surface area contributed by atoms with Gasteiger partial charge in [-0.1, -0.05) is 15.9 Å². The molecule has 0 aromatic heterocycles. The molecule has 0 spiro atoms. The van der Waals surface area contributed by atoms with E-state index in [1.807, 2.05) is 0 Å². The number of carbonyl (C=O) groups excluding carboxylic acids is 1. The lowest BCUT2D eigenvalue weighted by molar-refractivity contribution is -0.145. The molecule has 1 aromatic rings. The van der Waals surface area contributed by atoms with Gasteiger partial charge in [0.25, 0.3) is 5.91 Å². The summed E-state index contributed by atoms with van der Waals surface area (Å²) >= 11 is 3.12. The SMILES string of the molecule is COCC(C)(NC(=O)c1cc(Br)ccc1F)C(=O)O. The third-order valence-corrected chi connectivity index (χ3v) is 2.96. The molecule has 1 unspecified atom stereocenters. The number of methoxy groups -OCH3 is 1. The fourth-order valence-electron chi connectivity index (χ4n) is 1.43. The normalized spacial score (nSPS) is 13.7. The molecule has 0 fully saturated rings. The zero-order valence-corrected chi connectivity index (χ0v) is 12.0. The molecule has 2 N–H and O–H groups in total. The summed E-state index contributed by atoms with van der Waals surface area (Å²) in [5.41, 5.74) is -1.86. The maximum Gasteiger partial charge on any atom is 0.331 e. The van der Waals surface area contributed by atoms with E-state index >= 15 is 0 Å². The highest BCUT2D eigenvalue weighted by atomic mass is 79.9. The van der Waals surface area contributed by atoms with Gasteiger partial charge in [0.05, 0.1) is 12.2 Å². The molecule has 0 saturated carbocycles. The first-order valence-corrected chi connectivity index (χ1v) is 6.09. The van der Waals surface area contributed by atoms with Crippen LogP contribution in [0.5, 0.6) is 0 Å². The first-order chi connectivity index (χ1) is 8.80. The third kappa shape index (κ3) is 3.74. The molecule has 0 aliphatic heterocycles. The molecule has 0 aliphatic carbocycles. The van der Waals surface area contributed by atoms with Gasteiger partial charge >= 0.3 is 5.97 Å². The van der Waals surface area contributed by atoms with E-state index in [2.05, 4.69) is 21.2 Å². The summed E-state index contributed by atoms with van der Waals surface area (Å²) in [6, 6.07) is 3.84. The molecule has 7 heteroatoms. The van der Waals surface area contributed by atoms with Crippen molar-refractivity contribution in [3.63, 3.8) is 0 Å². The standard InChI is InChI=1S/C12H13BrFNO4/c1-12(6-19-2,11(17)18)15-10(16)8-5-7(13)3-4-9(8)14/h3-5H,6H2,1-2H3,(H,15,16)(H,17,18). The molecule has 0 heterocycles. The fraction of sp³-hybridized carbons (Fsp3) is 0.333. The molecular weight excluding hydrogens is 321 g/mol. The van der Waals surface area contributed by atoms with Crippen molar-refractivity contribution >= 4 is 27.8 Å². The van der Waals surface area contributed by atoms with E-state index in [4.69, 9.17) is 9.84 Å². The second kappa shape index (κ2) is 6.12. The summed E-state index contributed by atoms with van der Waals surface area (Å²) in [5, 5.41) is 11.3. The average Bonchev–Trinajstić information content (AvgIpc) is 2.32. The van der Waals surface area contributed by atoms with E-state index in [-0.39, 0.29) is 12.2 Å². The number of carboxylic acid groups (broad SMARTS) is 1. The van der Waals surface area contributed by atoms with Crippen LogP contribution in [-0.4, -0.2) is 36.2 Å². The summed E-state index contributed by atoms with van der Waals surface area (Å²) in [6.07, 6.45) is 0. The number of amides is 1. The third-order valence-electron chi connectivity index (χ3n) is 2.47. The molecule has 1 amide bonds. The number of rotatable bonds is 5. The van der Waals surface area contributed by atoms with Crippen molar-refractivity contribution in [2.75, 3.05) is 13.7 Å². The zero-order chi connectivity index (χ0) is 14.6. The van der Waals surface area contributed by atoms with Crippen LogP contribution in [0.1, 0.15) is 17.3 Å². The highest BCUT2D eigenvalue weighted by Crippen LogP contribution is 2.16. The Morgan fingerprint density at radius 2 is 2.16 bits per heavy atom. The predicted molar refractivity (Wildman–Crippen MR) is 69.5 cm³/mol. The van der Waals surface area contributed by atoms with Crippen molar-refractivity contribution in [3.05, 3.63) is 34.1 Å². The van der Waals surface area contributed by atoms with Gasteiger partial charge in [0.15, 0.2) is 5.54 Å². The smallest absolute Gasteiger partial charge is 0.331 e. The van der Waals surface area contributed by atoms with Crippen LogP contribution in [0.25, 0.3) is 0 Å². The summed E-state index contributed by atoms with van der Waals surface area (Å²) < 4.78 is 18.8. The van der Waals surface area contributed by atoms with Crippen LogP contribution in [0.4, 0.5) is 4.39 Å². The van der Waals surface area contributed by atoms with Crippen LogP contribution < -0.4 is 5.32 Å². The lowest BCUT2D eigenvalue weighted by atomic mass is 10.0. The van der Waals surface area contributed by atoms with Crippen molar-refractivity contribution in [1.29, 1.82) is 0 Å². The molecule has 19 heavy (non-hydrogen) atoms. The Hall–Kier alpha value is -1.47. The summed E-state index contributed by atoms with van der Waals surface area (Å²) in [7, 11) is 1.31. The number of ether oxygens (including phenoxy) is 1. The van der Waals surface area contributed by atoms with Crippen molar-refractivity contribution in [1.82, 2.24) is 5.32 Å². The quantitative estimate of drug-likeness (QED) is 0.861. The Balaban J connectivity index is 3.00. The van der Waals surface area contributed by atoms with E-state index in [0.717, 1.165) is 6.07 Å². The van der Waals surface area contributed by atoms with E-state index in [1.165, 1.54) is 26.2 Å². The second-order valence-corrected chi connectivity index (χ2v) is 5.06. The number of nitrogens with one attached hydrogen (secondary N) is 1. The predicted octanol–water partition coefficient (Wildman–Crippen LogP) is 1.81. The molecule has 0 aliphatic rings.